The summed E-state index contributed by atoms with van der Waals surface area (Å²) in [5.74, 6) is 0.703. The van der Waals surface area contributed by atoms with Crippen LogP contribution in [0.1, 0.15) is 50.9 Å². The third-order valence-electron chi connectivity index (χ3n) is 4.52. The van der Waals surface area contributed by atoms with Crippen molar-refractivity contribution in [3.63, 3.8) is 0 Å². The molecule has 0 aliphatic rings. The Morgan fingerprint density at radius 2 is 1.68 bits per heavy atom. The third-order valence-corrected chi connectivity index (χ3v) is 4.52. The zero-order chi connectivity index (χ0) is 20.5. The fourth-order valence-electron chi connectivity index (χ4n) is 3.01. The first-order chi connectivity index (χ1) is 13.4. The summed E-state index contributed by atoms with van der Waals surface area (Å²) in [5.41, 5.74) is 2.61. The lowest BCUT2D eigenvalue weighted by Crippen LogP contribution is -2.30. The summed E-state index contributed by atoms with van der Waals surface area (Å²) in [6.07, 6.45) is 1.01. The predicted molar refractivity (Wildman–Crippen MR) is 114 cm³/mol. The van der Waals surface area contributed by atoms with Gasteiger partial charge in [-0.05, 0) is 82.6 Å². The fraction of sp³-hybridized carbons (Fsp3) is 0.391. The summed E-state index contributed by atoms with van der Waals surface area (Å²) < 4.78 is 5.62. The van der Waals surface area contributed by atoms with Gasteiger partial charge in [0.05, 0.1) is 6.61 Å². The topological polar surface area (TPSA) is 58.6 Å². The van der Waals surface area contributed by atoms with Gasteiger partial charge >= 0.3 is 0 Å². The van der Waals surface area contributed by atoms with E-state index in [2.05, 4.69) is 31.0 Å². The van der Waals surface area contributed by atoms with Gasteiger partial charge in [-0.3, -0.25) is 9.59 Å². The Kier molecular flexibility index (Phi) is 8.05. The van der Waals surface area contributed by atoms with E-state index in [9.17, 15) is 9.59 Å². The molecule has 0 aromatic heterocycles. The van der Waals surface area contributed by atoms with Gasteiger partial charge in [0.1, 0.15) is 5.75 Å². The van der Waals surface area contributed by atoms with E-state index in [1.54, 1.807) is 24.3 Å². The Morgan fingerprint density at radius 1 is 1.04 bits per heavy atom. The SMILES string of the molecule is CCN(c1ccc(NC(=O)CCCOc2ccc(C(C)=O)cc2)cc1)C(C)C. The summed E-state index contributed by atoms with van der Waals surface area (Å²) in [7, 11) is 0. The van der Waals surface area contributed by atoms with Crippen molar-refractivity contribution in [2.45, 2.75) is 46.6 Å². The highest BCUT2D eigenvalue weighted by Gasteiger charge is 2.09. The standard InChI is InChI=1S/C23H30N2O3/c1-5-25(17(2)3)21-12-10-20(11-13-21)24-23(27)7-6-16-28-22-14-8-19(9-15-22)18(4)26/h8-15,17H,5-7,16H2,1-4H3,(H,24,27). The third kappa shape index (κ3) is 6.41. The van der Waals surface area contributed by atoms with Crippen molar-refractivity contribution in [2.24, 2.45) is 0 Å². The minimum absolute atomic E-state index is 0.0283. The van der Waals surface area contributed by atoms with Gasteiger partial charge < -0.3 is 15.0 Å². The van der Waals surface area contributed by atoms with Crippen LogP contribution in [0.15, 0.2) is 48.5 Å². The Bertz CT molecular complexity index is 767. The zero-order valence-electron chi connectivity index (χ0n) is 17.2. The summed E-state index contributed by atoms with van der Waals surface area (Å²) in [6, 6.07) is 15.4. The molecule has 5 heteroatoms. The maximum atomic E-state index is 12.1. The van der Waals surface area contributed by atoms with E-state index in [1.165, 1.54) is 6.92 Å². The predicted octanol–water partition coefficient (Wildman–Crippen LogP) is 4.92. The second kappa shape index (κ2) is 10.5. The van der Waals surface area contributed by atoms with Crippen LogP contribution in [0.3, 0.4) is 0 Å². The van der Waals surface area contributed by atoms with Crippen LogP contribution in [0.5, 0.6) is 5.75 Å². The summed E-state index contributed by atoms with van der Waals surface area (Å²) in [4.78, 5) is 25.7. The van der Waals surface area contributed by atoms with Crippen molar-refractivity contribution in [2.75, 3.05) is 23.4 Å². The molecule has 0 aliphatic carbocycles. The highest BCUT2D eigenvalue weighted by Crippen LogP contribution is 2.20. The maximum absolute atomic E-state index is 12.1. The van der Waals surface area contributed by atoms with Crippen molar-refractivity contribution < 1.29 is 14.3 Å². The van der Waals surface area contributed by atoms with Crippen molar-refractivity contribution >= 4 is 23.1 Å². The Labute approximate surface area is 167 Å². The monoisotopic (exact) mass is 382 g/mol. The molecule has 0 spiro atoms. The molecule has 1 N–H and O–H groups in total. The molecule has 0 saturated heterocycles. The zero-order valence-corrected chi connectivity index (χ0v) is 17.2. The van der Waals surface area contributed by atoms with E-state index in [0.29, 0.717) is 36.8 Å². The van der Waals surface area contributed by atoms with Crippen LogP contribution in [0, 0.1) is 0 Å². The van der Waals surface area contributed by atoms with Gasteiger partial charge in [0.15, 0.2) is 5.78 Å². The number of carbonyl (C=O) groups is 2. The molecule has 2 rings (SSSR count). The number of carbonyl (C=O) groups excluding carboxylic acids is 2. The van der Waals surface area contributed by atoms with Gasteiger partial charge in [-0.1, -0.05) is 0 Å². The second-order valence-electron chi connectivity index (χ2n) is 7.01. The molecule has 2 aromatic rings. The Morgan fingerprint density at radius 3 is 2.21 bits per heavy atom. The molecule has 150 valence electrons. The summed E-state index contributed by atoms with van der Waals surface area (Å²) in [6.45, 7) is 9.39. The number of ether oxygens (including phenoxy) is 1. The quantitative estimate of drug-likeness (QED) is 0.468. The van der Waals surface area contributed by atoms with Crippen LogP contribution >= 0.6 is 0 Å². The van der Waals surface area contributed by atoms with Crippen LogP contribution in [0.4, 0.5) is 11.4 Å². The number of amides is 1. The molecular weight excluding hydrogens is 352 g/mol. The van der Waals surface area contributed by atoms with Crippen molar-refractivity contribution in [3.05, 3.63) is 54.1 Å². The Hall–Kier alpha value is -2.82. The number of anilines is 2. The fourth-order valence-corrected chi connectivity index (χ4v) is 3.01. The largest absolute Gasteiger partial charge is 0.494 e. The normalized spacial score (nSPS) is 10.6. The molecular formula is C23H30N2O3. The molecule has 0 heterocycles. The maximum Gasteiger partial charge on any atom is 0.224 e. The van der Waals surface area contributed by atoms with E-state index in [4.69, 9.17) is 4.74 Å². The van der Waals surface area contributed by atoms with Crippen LogP contribution in [0.2, 0.25) is 0 Å². The van der Waals surface area contributed by atoms with Gasteiger partial charge in [-0.2, -0.15) is 0 Å². The van der Waals surface area contributed by atoms with Crippen LogP contribution in [-0.4, -0.2) is 30.9 Å². The lowest BCUT2D eigenvalue weighted by molar-refractivity contribution is -0.116. The van der Waals surface area contributed by atoms with E-state index < -0.39 is 0 Å². The van der Waals surface area contributed by atoms with E-state index in [0.717, 1.165) is 17.9 Å². The number of Topliss-reactive ketones (excluding diaryl/α,β-unsaturated/α-hetero) is 1. The lowest BCUT2D eigenvalue weighted by Gasteiger charge is -2.27. The average Bonchev–Trinajstić information content (AvgIpc) is 2.67. The van der Waals surface area contributed by atoms with Crippen molar-refractivity contribution in [1.82, 2.24) is 0 Å². The van der Waals surface area contributed by atoms with Gasteiger partial charge in [-0.15, -0.1) is 0 Å². The number of hydrogen-bond acceptors (Lipinski definition) is 4. The summed E-state index contributed by atoms with van der Waals surface area (Å²) >= 11 is 0. The highest BCUT2D eigenvalue weighted by molar-refractivity contribution is 5.94. The smallest absolute Gasteiger partial charge is 0.224 e. The molecule has 0 fully saturated rings. The van der Waals surface area contributed by atoms with E-state index in [1.807, 2.05) is 24.3 Å². The van der Waals surface area contributed by atoms with Gasteiger partial charge in [0, 0.05) is 35.9 Å². The van der Waals surface area contributed by atoms with Crippen LogP contribution in [0.25, 0.3) is 0 Å². The van der Waals surface area contributed by atoms with Gasteiger partial charge in [0.2, 0.25) is 5.91 Å². The minimum Gasteiger partial charge on any atom is -0.494 e. The molecule has 5 nitrogen and oxygen atoms in total. The second-order valence-corrected chi connectivity index (χ2v) is 7.01. The molecule has 1 amide bonds. The van der Waals surface area contributed by atoms with Gasteiger partial charge in [0.25, 0.3) is 0 Å². The number of ketones is 1. The summed E-state index contributed by atoms with van der Waals surface area (Å²) in [5, 5.41) is 2.92. The molecule has 2 aromatic carbocycles. The molecule has 0 saturated carbocycles. The first-order valence-electron chi connectivity index (χ1n) is 9.81. The van der Waals surface area contributed by atoms with Crippen LogP contribution < -0.4 is 15.0 Å². The first-order valence-corrected chi connectivity index (χ1v) is 9.81. The molecule has 0 atom stereocenters. The lowest BCUT2D eigenvalue weighted by atomic mass is 10.1. The van der Waals surface area contributed by atoms with E-state index >= 15 is 0 Å². The average molecular weight is 383 g/mol. The van der Waals surface area contributed by atoms with Crippen molar-refractivity contribution in [1.29, 1.82) is 0 Å². The van der Waals surface area contributed by atoms with Gasteiger partial charge in [-0.25, -0.2) is 0 Å². The molecule has 0 radical (unpaired) electrons. The number of benzene rings is 2. The van der Waals surface area contributed by atoms with Crippen molar-refractivity contribution in [3.8, 4) is 5.75 Å². The first kappa shape index (κ1) is 21.5. The minimum atomic E-state index is -0.0283. The number of nitrogens with zero attached hydrogens (tertiary/aromatic N) is 1. The number of nitrogens with one attached hydrogen (secondary N) is 1. The molecule has 0 bridgehead atoms. The highest BCUT2D eigenvalue weighted by atomic mass is 16.5. The number of rotatable bonds is 10. The molecule has 0 unspecified atom stereocenters. The van der Waals surface area contributed by atoms with E-state index in [-0.39, 0.29) is 11.7 Å². The molecule has 28 heavy (non-hydrogen) atoms. The number of hydrogen-bond donors (Lipinski definition) is 1. The molecule has 0 aliphatic heterocycles. The Balaban J connectivity index is 1.74. The van der Waals surface area contributed by atoms with Crippen LogP contribution in [-0.2, 0) is 4.79 Å².